The first kappa shape index (κ1) is 21.8. The topological polar surface area (TPSA) is 98.1 Å². The SMILES string of the molecule is O=C(O)CC/C=C\CC1COC(CCOc2cccnc2)OC1c1ccccc1O. The van der Waals surface area contributed by atoms with Gasteiger partial charge in [-0.3, -0.25) is 9.78 Å². The van der Waals surface area contributed by atoms with E-state index < -0.39 is 12.3 Å². The maximum absolute atomic E-state index is 10.6. The summed E-state index contributed by atoms with van der Waals surface area (Å²) in [5.74, 6) is 0.0758. The normalized spacial score (nSPS) is 21.5. The number of phenolic OH excluding ortho intramolecular Hbond substituents is 1. The van der Waals surface area contributed by atoms with Crippen LogP contribution in [0.4, 0.5) is 0 Å². The number of pyridine rings is 1. The molecule has 0 amide bonds. The van der Waals surface area contributed by atoms with Gasteiger partial charge < -0.3 is 24.4 Å². The van der Waals surface area contributed by atoms with Crippen LogP contribution in [0.25, 0.3) is 0 Å². The molecule has 2 N–H and O–H groups in total. The van der Waals surface area contributed by atoms with Crippen molar-refractivity contribution in [1.82, 2.24) is 4.98 Å². The van der Waals surface area contributed by atoms with Crippen LogP contribution in [0.3, 0.4) is 0 Å². The summed E-state index contributed by atoms with van der Waals surface area (Å²) in [5.41, 5.74) is 0.725. The number of aliphatic carboxylic acids is 1. The Hall–Kier alpha value is -2.90. The molecule has 0 radical (unpaired) electrons. The highest BCUT2D eigenvalue weighted by Crippen LogP contribution is 2.39. The van der Waals surface area contributed by atoms with Gasteiger partial charge in [0.1, 0.15) is 11.5 Å². The smallest absolute Gasteiger partial charge is 0.303 e. The van der Waals surface area contributed by atoms with Gasteiger partial charge in [0.15, 0.2) is 6.29 Å². The molecule has 1 aromatic carbocycles. The van der Waals surface area contributed by atoms with Crippen molar-refractivity contribution in [3.63, 3.8) is 0 Å². The van der Waals surface area contributed by atoms with Gasteiger partial charge in [0.25, 0.3) is 0 Å². The Morgan fingerprint density at radius 1 is 1.23 bits per heavy atom. The number of phenols is 1. The lowest BCUT2D eigenvalue weighted by molar-refractivity contribution is -0.242. The number of allylic oxidation sites excluding steroid dienone is 2. The van der Waals surface area contributed by atoms with Gasteiger partial charge in [0.2, 0.25) is 0 Å². The lowest BCUT2D eigenvalue weighted by Crippen LogP contribution is -2.35. The molecule has 0 aliphatic carbocycles. The molecule has 0 spiro atoms. The predicted molar refractivity (Wildman–Crippen MR) is 110 cm³/mol. The van der Waals surface area contributed by atoms with Crippen molar-refractivity contribution >= 4 is 5.97 Å². The molecule has 1 fully saturated rings. The highest BCUT2D eigenvalue weighted by Gasteiger charge is 2.33. The Morgan fingerprint density at radius 2 is 2.10 bits per heavy atom. The van der Waals surface area contributed by atoms with E-state index >= 15 is 0 Å². The summed E-state index contributed by atoms with van der Waals surface area (Å²) in [6.45, 7) is 0.892. The van der Waals surface area contributed by atoms with Crippen LogP contribution in [0.15, 0.2) is 60.9 Å². The fourth-order valence-corrected chi connectivity index (χ4v) is 3.33. The summed E-state index contributed by atoms with van der Waals surface area (Å²) in [6, 6.07) is 10.8. The van der Waals surface area contributed by atoms with E-state index in [1.54, 1.807) is 24.5 Å². The van der Waals surface area contributed by atoms with Crippen molar-refractivity contribution in [3.05, 3.63) is 66.5 Å². The van der Waals surface area contributed by atoms with E-state index in [9.17, 15) is 9.90 Å². The number of nitrogens with zero attached hydrogens (tertiary/aromatic N) is 1. The number of hydrogen-bond donors (Lipinski definition) is 2. The second-order valence-electron chi connectivity index (χ2n) is 7.10. The second kappa shape index (κ2) is 11.3. The van der Waals surface area contributed by atoms with Crippen LogP contribution in [-0.4, -0.2) is 40.7 Å². The van der Waals surface area contributed by atoms with Gasteiger partial charge in [-0.2, -0.15) is 0 Å². The van der Waals surface area contributed by atoms with Gasteiger partial charge in [-0.05, 0) is 31.0 Å². The summed E-state index contributed by atoms with van der Waals surface area (Å²) < 4.78 is 17.8. The van der Waals surface area contributed by atoms with E-state index in [1.165, 1.54) is 0 Å². The fourth-order valence-electron chi connectivity index (χ4n) is 3.33. The summed E-state index contributed by atoms with van der Waals surface area (Å²) >= 11 is 0. The van der Waals surface area contributed by atoms with E-state index in [-0.39, 0.29) is 24.2 Å². The Labute approximate surface area is 175 Å². The van der Waals surface area contributed by atoms with Crippen LogP contribution >= 0.6 is 0 Å². The van der Waals surface area contributed by atoms with Crippen molar-refractivity contribution in [2.75, 3.05) is 13.2 Å². The molecule has 7 nitrogen and oxygen atoms in total. The molecule has 3 rings (SSSR count). The maximum Gasteiger partial charge on any atom is 0.303 e. The third-order valence-electron chi connectivity index (χ3n) is 4.85. The number of carbonyl (C=O) groups is 1. The molecule has 30 heavy (non-hydrogen) atoms. The standard InChI is InChI=1S/C23H27NO6/c25-20-10-5-4-9-19(20)23-17(7-2-1-3-11-21(26)27)16-29-22(30-23)12-14-28-18-8-6-13-24-15-18/h1-2,4-6,8-10,13,15,17,22-23,25H,3,7,11-12,14,16H2,(H,26,27)/b2-1-. The number of hydrogen-bond acceptors (Lipinski definition) is 6. The largest absolute Gasteiger partial charge is 0.508 e. The van der Waals surface area contributed by atoms with E-state index in [2.05, 4.69) is 4.98 Å². The minimum atomic E-state index is -0.813. The van der Waals surface area contributed by atoms with Crippen molar-refractivity contribution in [3.8, 4) is 11.5 Å². The fraction of sp³-hybridized carbons (Fsp3) is 0.391. The Morgan fingerprint density at radius 3 is 2.87 bits per heavy atom. The molecule has 2 heterocycles. The molecule has 0 bridgehead atoms. The number of aromatic nitrogens is 1. The van der Waals surface area contributed by atoms with Gasteiger partial charge in [-0.25, -0.2) is 0 Å². The van der Waals surface area contributed by atoms with Gasteiger partial charge in [0, 0.05) is 30.5 Å². The Bertz CT molecular complexity index is 825. The minimum Gasteiger partial charge on any atom is -0.508 e. The van der Waals surface area contributed by atoms with Crippen molar-refractivity contribution < 1.29 is 29.2 Å². The van der Waals surface area contributed by atoms with E-state index in [4.69, 9.17) is 19.3 Å². The van der Waals surface area contributed by atoms with Gasteiger partial charge in [0.05, 0.1) is 25.5 Å². The van der Waals surface area contributed by atoms with Gasteiger partial charge in [-0.15, -0.1) is 0 Å². The van der Waals surface area contributed by atoms with Crippen LogP contribution in [0.2, 0.25) is 0 Å². The lowest BCUT2D eigenvalue weighted by atomic mass is 9.91. The Balaban J connectivity index is 1.59. The molecule has 1 saturated heterocycles. The lowest BCUT2D eigenvalue weighted by Gasteiger charge is -2.36. The molecule has 1 aromatic heterocycles. The molecule has 160 valence electrons. The zero-order valence-electron chi connectivity index (χ0n) is 16.7. The Kier molecular flexibility index (Phi) is 8.23. The number of para-hydroxylation sites is 1. The van der Waals surface area contributed by atoms with E-state index in [0.717, 1.165) is 5.56 Å². The highest BCUT2D eigenvalue weighted by molar-refractivity contribution is 5.66. The second-order valence-corrected chi connectivity index (χ2v) is 7.10. The van der Waals surface area contributed by atoms with Crippen LogP contribution in [0.5, 0.6) is 11.5 Å². The van der Waals surface area contributed by atoms with Crippen molar-refractivity contribution in [2.45, 2.75) is 38.1 Å². The number of benzene rings is 1. The molecule has 1 aliphatic rings. The average molecular weight is 413 g/mol. The third kappa shape index (κ3) is 6.57. The summed E-state index contributed by atoms with van der Waals surface area (Å²) in [7, 11) is 0. The molecule has 3 atom stereocenters. The molecule has 7 heteroatoms. The molecular formula is C23H27NO6. The zero-order chi connectivity index (χ0) is 21.2. The van der Waals surface area contributed by atoms with Crippen LogP contribution in [0, 0.1) is 5.92 Å². The number of ether oxygens (including phenoxy) is 3. The maximum atomic E-state index is 10.6. The molecule has 3 unspecified atom stereocenters. The minimum absolute atomic E-state index is 0.00914. The van der Waals surface area contributed by atoms with Crippen LogP contribution < -0.4 is 4.74 Å². The summed E-state index contributed by atoms with van der Waals surface area (Å²) in [6.07, 6.45) is 8.19. The molecule has 1 aliphatic heterocycles. The van der Waals surface area contributed by atoms with Gasteiger partial charge in [-0.1, -0.05) is 30.4 Å². The average Bonchev–Trinajstić information content (AvgIpc) is 2.75. The first-order valence-corrected chi connectivity index (χ1v) is 10.1. The summed E-state index contributed by atoms with van der Waals surface area (Å²) in [5, 5.41) is 19.1. The highest BCUT2D eigenvalue weighted by atomic mass is 16.7. The number of rotatable bonds is 10. The number of carboxylic acids is 1. The first-order valence-electron chi connectivity index (χ1n) is 10.1. The monoisotopic (exact) mass is 413 g/mol. The van der Waals surface area contributed by atoms with E-state index in [0.29, 0.717) is 38.2 Å². The molecule has 2 aromatic rings. The first-order chi connectivity index (χ1) is 14.6. The number of carboxylic acid groups (broad SMARTS) is 1. The van der Waals surface area contributed by atoms with Crippen LogP contribution in [0.1, 0.15) is 37.4 Å². The molecular weight excluding hydrogens is 386 g/mol. The summed E-state index contributed by atoms with van der Waals surface area (Å²) in [4.78, 5) is 14.7. The quantitative estimate of drug-likeness (QED) is 0.566. The third-order valence-corrected chi connectivity index (χ3v) is 4.85. The van der Waals surface area contributed by atoms with E-state index in [1.807, 2.05) is 36.4 Å². The zero-order valence-corrected chi connectivity index (χ0v) is 16.7. The predicted octanol–water partition coefficient (Wildman–Crippen LogP) is 4.10. The van der Waals surface area contributed by atoms with Gasteiger partial charge >= 0.3 is 5.97 Å². The molecule has 0 saturated carbocycles. The number of aromatic hydroxyl groups is 1. The van der Waals surface area contributed by atoms with Crippen LogP contribution in [-0.2, 0) is 14.3 Å². The van der Waals surface area contributed by atoms with Crippen molar-refractivity contribution in [2.24, 2.45) is 5.92 Å². The van der Waals surface area contributed by atoms with Crippen molar-refractivity contribution in [1.29, 1.82) is 0 Å².